The average Bonchev–Trinajstić information content (AvgIpc) is 3.13. The Balaban J connectivity index is 1.91. The number of aromatic nitrogens is 4. The summed E-state index contributed by atoms with van der Waals surface area (Å²) in [4.78, 5) is 19.6. The van der Waals surface area contributed by atoms with Crippen molar-refractivity contribution in [1.82, 2.24) is 19.3 Å². The Kier molecular flexibility index (Phi) is 3.57. The highest BCUT2D eigenvalue weighted by atomic mass is 16.1. The summed E-state index contributed by atoms with van der Waals surface area (Å²) in [7, 11) is 1.95. The third-order valence-electron chi connectivity index (χ3n) is 3.71. The van der Waals surface area contributed by atoms with E-state index in [0.717, 1.165) is 16.6 Å². The lowest BCUT2D eigenvalue weighted by atomic mass is 10.1. The predicted molar refractivity (Wildman–Crippen MR) is 86.9 cm³/mol. The van der Waals surface area contributed by atoms with E-state index in [2.05, 4.69) is 21.1 Å². The van der Waals surface area contributed by atoms with Crippen LogP contribution in [0.15, 0.2) is 41.9 Å². The maximum absolute atomic E-state index is 11.8. The number of carbonyl (C=O) groups is 1. The fourth-order valence-corrected chi connectivity index (χ4v) is 2.40. The maximum Gasteiger partial charge on any atom is 0.283 e. The van der Waals surface area contributed by atoms with E-state index in [0.29, 0.717) is 5.56 Å². The monoisotopic (exact) mass is 311 g/mol. The van der Waals surface area contributed by atoms with Gasteiger partial charge in [0.05, 0.1) is 35.2 Å². The summed E-state index contributed by atoms with van der Waals surface area (Å²) in [5.74, 6) is -0.775. The average molecular weight is 311 g/mol. The van der Waals surface area contributed by atoms with Crippen molar-refractivity contribution in [3.8, 4) is 0 Å². The Morgan fingerprint density at radius 3 is 2.87 bits per heavy atom. The highest BCUT2D eigenvalue weighted by molar-refractivity contribution is 6.01. The number of aryl methyl sites for hydroxylation is 1. The molecule has 3 rings (SSSR count). The van der Waals surface area contributed by atoms with Crippen molar-refractivity contribution >= 4 is 22.9 Å². The zero-order chi connectivity index (χ0) is 16.6. The number of guanidine groups is 1. The number of rotatable bonds is 3. The molecule has 23 heavy (non-hydrogen) atoms. The molecule has 1 atom stereocenters. The summed E-state index contributed by atoms with van der Waals surface area (Å²) < 4.78 is 3.66. The smallest absolute Gasteiger partial charge is 0.283 e. The SMILES string of the molecule is CC(c1ccc2ncn(C)c2c1)n1cc(C(=O)N=C(N)N)cn1. The fraction of sp³-hybridized carbons (Fsp3) is 0.200. The van der Waals surface area contributed by atoms with Gasteiger partial charge in [-0.2, -0.15) is 10.1 Å². The quantitative estimate of drug-likeness (QED) is 0.548. The van der Waals surface area contributed by atoms with E-state index in [1.165, 1.54) is 6.20 Å². The molecule has 0 radical (unpaired) electrons. The van der Waals surface area contributed by atoms with Crippen LogP contribution in [0, 0.1) is 0 Å². The lowest BCUT2D eigenvalue weighted by Gasteiger charge is -2.12. The lowest BCUT2D eigenvalue weighted by molar-refractivity contribution is 0.100. The molecule has 0 saturated heterocycles. The summed E-state index contributed by atoms with van der Waals surface area (Å²) in [6, 6.07) is 5.98. The molecule has 2 heterocycles. The Bertz CT molecular complexity index is 902. The second kappa shape index (κ2) is 5.56. The van der Waals surface area contributed by atoms with Crippen molar-refractivity contribution in [2.24, 2.45) is 23.5 Å². The molecule has 2 aromatic heterocycles. The van der Waals surface area contributed by atoms with E-state index >= 15 is 0 Å². The van der Waals surface area contributed by atoms with Crippen LogP contribution in [0.25, 0.3) is 11.0 Å². The minimum atomic E-state index is -0.509. The Labute approximate surface area is 132 Å². The van der Waals surface area contributed by atoms with Crippen LogP contribution >= 0.6 is 0 Å². The minimum absolute atomic E-state index is 0.0462. The van der Waals surface area contributed by atoms with Gasteiger partial charge in [0, 0.05) is 13.2 Å². The van der Waals surface area contributed by atoms with Crippen LogP contribution < -0.4 is 11.5 Å². The van der Waals surface area contributed by atoms with Crippen LogP contribution in [0.3, 0.4) is 0 Å². The number of carbonyl (C=O) groups excluding carboxylic acids is 1. The summed E-state index contributed by atoms with van der Waals surface area (Å²) in [6.45, 7) is 2.00. The van der Waals surface area contributed by atoms with Crippen molar-refractivity contribution in [2.75, 3.05) is 0 Å². The molecule has 118 valence electrons. The van der Waals surface area contributed by atoms with Crippen molar-refractivity contribution in [3.05, 3.63) is 48.0 Å². The molecular weight excluding hydrogens is 294 g/mol. The number of hydrogen-bond donors (Lipinski definition) is 2. The molecule has 0 aliphatic rings. The van der Waals surface area contributed by atoms with Crippen LogP contribution in [0.2, 0.25) is 0 Å². The molecule has 8 heteroatoms. The molecular formula is C15H17N7O. The first-order chi connectivity index (χ1) is 11.0. The number of aliphatic imine (C=N–C) groups is 1. The topological polar surface area (TPSA) is 117 Å². The van der Waals surface area contributed by atoms with E-state index in [1.807, 2.05) is 30.7 Å². The summed E-state index contributed by atoms with van der Waals surface area (Å²) in [5.41, 5.74) is 13.8. The third-order valence-corrected chi connectivity index (χ3v) is 3.71. The van der Waals surface area contributed by atoms with Gasteiger partial charge in [-0.15, -0.1) is 0 Å². The second-order valence-corrected chi connectivity index (χ2v) is 5.33. The highest BCUT2D eigenvalue weighted by Crippen LogP contribution is 2.22. The van der Waals surface area contributed by atoms with Gasteiger partial charge in [-0.1, -0.05) is 6.07 Å². The first kappa shape index (κ1) is 14.8. The van der Waals surface area contributed by atoms with Crippen LogP contribution in [-0.4, -0.2) is 31.2 Å². The van der Waals surface area contributed by atoms with E-state index in [9.17, 15) is 4.79 Å². The number of fused-ring (bicyclic) bond motifs is 1. The van der Waals surface area contributed by atoms with Crippen molar-refractivity contribution in [2.45, 2.75) is 13.0 Å². The number of benzene rings is 1. The van der Waals surface area contributed by atoms with Gasteiger partial charge in [0.25, 0.3) is 5.91 Å². The molecule has 3 aromatic rings. The number of nitrogens with zero attached hydrogens (tertiary/aromatic N) is 5. The van der Waals surface area contributed by atoms with Gasteiger partial charge in [0.1, 0.15) is 0 Å². The Morgan fingerprint density at radius 1 is 1.35 bits per heavy atom. The van der Waals surface area contributed by atoms with Crippen molar-refractivity contribution in [1.29, 1.82) is 0 Å². The standard InChI is InChI=1S/C15H17N7O/c1-9(10-3-4-12-13(5-10)21(2)8-18-12)22-7-11(6-19-22)14(23)20-15(16)17/h3-9H,1-2H3,(H4,16,17,20,23). The summed E-state index contributed by atoms with van der Waals surface area (Å²) in [5, 5.41) is 4.23. The number of amides is 1. The minimum Gasteiger partial charge on any atom is -0.370 e. The van der Waals surface area contributed by atoms with Gasteiger partial charge in [0.2, 0.25) is 0 Å². The van der Waals surface area contributed by atoms with Crippen LogP contribution in [0.4, 0.5) is 0 Å². The van der Waals surface area contributed by atoms with E-state index < -0.39 is 5.91 Å². The predicted octanol–water partition coefficient (Wildman–Crippen LogP) is 0.793. The second-order valence-electron chi connectivity index (χ2n) is 5.33. The molecule has 1 unspecified atom stereocenters. The van der Waals surface area contributed by atoms with Crippen LogP contribution in [-0.2, 0) is 7.05 Å². The number of hydrogen-bond acceptors (Lipinski definition) is 3. The van der Waals surface area contributed by atoms with Gasteiger partial charge in [0.15, 0.2) is 5.96 Å². The fourth-order valence-electron chi connectivity index (χ4n) is 2.40. The number of nitrogens with two attached hydrogens (primary N) is 2. The molecule has 0 bridgehead atoms. The normalized spacial score (nSPS) is 12.3. The third kappa shape index (κ3) is 2.78. The Morgan fingerprint density at radius 2 is 2.13 bits per heavy atom. The van der Waals surface area contributed by atoms with Crippen molar-refractivity contribution in [3.63, 3.8) is 0 Å². The number of imidazole rings is 1. The van der Waals surface area contributed by atoms with E-state index in [4.69, 9.17) is 11.5 Å². The van der Waals surface area contributed by atoms with Crippen molar-refractivity contribution < 1.29 is 4.79 Å². The van der Waals surface area contributed by atoms with E-state index in [1.54, 1.807) is 17.2 Å². The Hall–Kier alpha value is -3.16. The highest BCUT2D eigenvalue weighted by Gasteiger charge is 2.14. The molecule has 4 N–H and O–H groups in total. The molecule has 0 aliphatic carbocycles. The molecule has 1 aromatic carbocycles. The van der Waals surface area contributed by atoms with Gasteiger partial charge < -0.3 is 16.0 Å². The molecule has 0 saturated carbocycles. The summed E-state index contributed by atoms with van der Waals surface area (Å²) >= 11 is 0. The molecule has 0 aliphatic heterocycles. The largest absolute Gasteiger partial charge is 0.370 e. The van der Waals surface area contributed by atoms with Gasteiger partial charge in [-0.3, -0.25) is 9.48 Å². The molecule has 0 fully saturated rings. The first-order valence-corrected chi connectivity index (χ1v) is 7.05. The van der Waals surface area contributed by atoms with Gasteiger partial charge in [-0.05, 0) is 24.6 Å². The zero-order valence-corrected chi connectivity index (χ0v) is 12.8. The molecule has 8 nitrogen and oxygen atoms in total. The van der Waals surface area contributed by atoms with Gasteiger partial charge in [-0.25, -0.2) is 4.98 Å². The first-order valence-electron chi connectivity index (χ1n) is 7.05. The zero-order valence-electron chi connectivity index (χ0n) is 12.8. The summed E-state index contributed by atoms with van der Waals surface area (Å²) in [6.07, 6.45) is 4.86. The van der Waals surface area contributed by atoms with Gasteiger partial charge >= 0.3 is 0 Å². The lowest BCUT2D eigenvalue weighted by Crippen LogP contribution is -2.24. The van der Waals surface area contributed by atoms with Crippen LogP contribution in [0.5, 0.6) is 0 Å². The van der Waals surface area contributed by atoms with E-state index in [-0.39, 0.29) is 12.0 Å². The maximum atomic E-state index is 11.8. The van der Waals surface area contributed by atoms with Crippen LogP contribution in [0.1, 0.15) is 28.9 Å². The molecule has 1 amide bonds. The molecule has 0 spiro atoms.